The van der Waals surface area contributed by atoms with Gasteiger partial charge in [-0.25, -0.2) is 8.42 Å². The molecule has 8 nitrogen and oxygen atoms in total. The summed E-state index contributed by atoms with van der Waals surface area (Å²) in [5.41, 5.74) is 0.0360. The van der Waals surface area contributed by atoms with Gasteiger partial charge in [0.2, 0.25) is 10.0 Å². The van der Waals surface area contributed by atoms with Gasteiger partial charge in [-0.3, -0.25) is 10.1 Å². The molecule has 0 saturated carbocycles. The summed E-state index contributed by atoms with van der Waals surface area (Å²) in [5, 5.41) is 14.2. The van der Waals surface area contributed by atoms with Crippen molar-refractivity contribution < 1.29 is 18.1 Å². The Morgan fingerprint density at radius 3 is 2.50 bits per heavy atom. The van der Waals surface area contributed by atoms with Crippen molar-refractivity contribution in [2.24, 2.45) is 0 Å². The summed E-state index contributed by atoms with van der Waals surface area (Å²) in [6, 6.07) is 4.00. The first-order valence-corrected chi connectivity index (χ1v) is 9.42. The van der Waals surface area contributed by atoms with Crippen LogP contribution in [-0.4, -0.2) is 51.0 Å². The Hall–Kier alpha value is -1.71. The molecule has 24 heavy (non-hydrogen) atoms. The van der Waals surface area contributed by atoms with Crippen molar-refractivity contribution in [2.45, 2.75) is 30.6 Å². The Kier molecular flexibility index (Phi) is 6.52. The third kappa shape index (κ3) is 4.43. The molecule has 0 atom stereocenters. The Labute approximate surface area is 142 Å². The number of hydrogen-bond acceptors (Lipinski definition) is 6. The van der Waals surface area contributed by atoms with Crippen LogP contribution < -0.4 is 5.32 Å². The Morgan fingerprint density at radius 2 is 1.92 bits per heavy atom. The van der Waals surface area contributed by atoms with E-state index in [1.807, 2.05) is 0 Å². The van der Waals surface area contributed by atoms with Gasteiger partial charge >= 0.3 is 0 Å². The predicted molar refractivity (Wildman–Crippen MR) is 90.7 cm³/mol. The topological polar surface area (TPSA) is 102 Å². The molecule has 0 aliphatic carbocycles. The van der Waals surface area contributed by atoms with Crippen LogP contribution in [0.15, 0.2) is 23.1 Å². The molecule has 2 rings (SSSR count). The number of nitro groups is 1. The van der Waals surface area contributed by atoms with E-state index >= 15 is 0 Å². The summed E-state index contributed by atoms with van der Waals surface area (Å²) in [4.78, 5) is 10.7. The summed E-state index contributed by atoms with van der Waals surface area (Å²) < 4.78 is 31.8. The van der Waals surface area contributed by atoms with Crippen molar-refractivity contribution in [3.63, 3.8) is 0 Å². The lowest BCUT2D eigenvalue weighted by molar-refractivity contribution is -0.384. The second-order valence-electron chi connectivity index (χ2n) is 5.67. The summed E-state index contributed by atoms with van der Waals surface area (Å²) in [7, 11) is -2.17. The molecule has 0 aromatic heterocycles. The fourth-order valence-electron chi connectivity index (χ4n) is 2.69. The van der Waals surface area contributed by atoms with E-state index in [0.717, 1.165) is 31.7 Å². The van der Waals surface area contributed by atoms with Crippen LogP contribution in [-0.2, 0) is 14.8 Å². The van der Waals surface area contributed by atoms with Gasteiger partial charge in [-0.2, -0.15) is 4.31 Å². The molecular formula is C15H23N3O5S. The smallest absolute Gasteiger partial charge is 0.293 e. The van der Waals surface area contributed by atoms with Gasteiger partial charge in [-0.05, 0) is 25.0 Å². The monoisotopic (exact) mass is 357 g/mol. The zero-order chi connectivity index (χ0) is 17.6. The minimum absolute atomic E-state index is 0.0339. The molecule has 1 aliphatic heterocycles. The summed E-state index contributed by atoms with van der Waals surface area (Å²) in [5.74, 6) is 0. The fraction of sp³-hybridized carbons (Fsp3) is 0.600. The zero-order valence-electron chi connectivity index (χ0n) is 13.7. The number of ether oxygens (including phenoxy) is 1. The number of nitrogens with zero attached hydrogens (tertiary/aromatic N) is 2. The van der Waals surface area contributed by atoms with Gasteiger partial charge in [0.15, 0.2) is 0 Å². The molecule has 0 unspecified atom stereocenters. The van der Waals surface area contributed by atoms with Gasteiger partial charge in [0.1, 0.15) is 5.69 Å². The number of nitrogens with one attached hydrogen (secondary N) is 1. The molecule has 0 spiro atoms. The van der Waals surface area contributed by atoms with E-state index in [9.17, 15) is 18.5 Å². The molecule has 0 amide bonds. The molecule has 9 heteroatoms. The van der Waals surface area contributed by atoms with Crippen LogP contribution in [0.2, 0.25) is 0 Å². The number of hydrogen-bond donors (Lipinski definition) is 1. The quantitative estimate of drug-likeness (QED) is 0.456. The minimum atomic E-state index is -3.71. The molecular weight excluding hydrogens is 334 g/mol. The predicted octanol–water partition coefficient (Wildman–Crippen LogP) is 2.22. The highest BCUT2D eigenvalue weighted by Gasteiger charge is 2.27. The first kappa shape index (κ1) is 18.6. The van der Waals surface area contributed by atoms with E-state index in [1.165, 1.54) is 23.5 Å². The Bertz CT molecular complexity index is 670. The van der Waals surface area contributed by atoms with Crippen molar-refractivity contribution in [1.82, 2.24) is 4.31 Å². The van der Waals surface area contributed by atoms with Gasteiger partial charge < -0.3 is 10.1 Å². The third-order valence-corrected chi connectivity index (χ3v) is 5.88. The molecule has 1 heterocycles. The maximum Gasteiger partial charge on any atom is 0.293 e. The van der Waals surface area contributed by atoms with E-state index < -0.39 is 14.9 Å². The summed E-state index contributed by atoms with van der Waals surface area (Å²) >= 11 is 0. The average molecular weight is 357 g/mol. The lowest BCUT2D eigenvalue weighted by Gasteiger charge is -2.20. The molecule has 0 radical (unpaired) electrons. The van der Waals surface area contributed by atoms with Crippen molar-refractivity contribution in [1.29, 1.82) is 0 Å². The van der Waals surface area contributed by atoms with Crippen LogP contribution in [0.5, 0.6) is 0 Å². The van der Waals surface area contributed by atoms with Crippen molar-refractivity contribution in [2.75, 3.05) is 38.7 Å². The van der Waals surface area contributed by atoms with Crippen LogP contribution in [0.3, 0.4) is 0 Å². The highest BCUT2D eigenvalue weighted by molar-refractivity contribution is 7.89. The van der Waals surface area contributed by atoms with Gasteiger partial charge in [-0.15, -0.1) is 0 Å². The highest BCUT2D eigenvalue weighted by atomic mass is 32.2. The average Bonchev–Trinajstić information content (AvgIpc) is 2.84. The fourth-order valence-corrected chi connectivity index (χ4v) is 4.23. The van der Waals surface area contributed by atoms with E-state index in [0.29, 0.717) is 26.2 Å². The number of rotatable bonds is 7. The number of sulfonamides is 1. The van der Waals surface area contributed by atoms with E-state index in [4.69, 9.17) is 4.74 Å². The van der Waals surface area contributed by atoms with Gasteiger partial charge in [0.25, 0.3) is 5.69 Å². The lowest BCUT2D eigenvalue weighted by Crippen LogP contribution is -2.32. The molecule has 1 aliphatic rings. The maximum absolute atomic E-state index is 12.7. The number of anilines is 1. The molecule has 1 N–H and O–H groups in total. The number of nitro benzene ring substituents is 1. The summed E-state index contributed by atoms with van der Waals surface area (Å²) in [6.45, 7) is 1.72. The largest absolute Gasteiger partial charge is 0.383 e. The van der Waals surface area contributed by atoms with Crippen LogP contribution in [0.25, 0.3) is 0 Å². The second kappa shape index (κ2) is 8.41. The second-order valence-corrected chi connectivity index (χ2v) is 7.61. The van der Waals surface area contributed by atoms with E-state index in [-0.39, 0.29) is 16.3 Å². The van der Waals surface area contributed by atoms with Crippen molar-refractivity contribution >= 4 is 21.4 Å². The van der Waals surface area contributed by atoms with Crippen LogP contribution in [0.4, 0.5) is 11.4 Å². The van der Waals surface area contributed by atoms with Gasteiger partial charge in [-0.1, -0.05) is 12.8 Å². The third-order valence-electron chi connectivity index (χ3n) is 3.99. The van der Waals surface area contributed by atoms with Crippen LogP contribution in [0, 0.1) is 10.1 Å². The molecule has 1 aromatic rings. The van der Waals surface area contributed by atoms with E-state index in [1.54, 1.807) is 0 Å². The zero-order valence-corrected chi connectivity index (χ0v) is 14.5. The molecule has 1 aromatic carbocycles. The molecule has 0 bridgehead atoms. The normalized spacial score (nSPS) is 16.5. The molecule has 1 saturated heterocycles. The number of methoxy groups -OCH3 is 1. The van der Waals surface area contributed by atoms with Crippen molar-refractivity contribution in [3.05, 3.63) is 28.3 Å². The summed E-state index contributed by atoms with van der Waals surface area (Å²) in [6.07, 6.45) is 3.65. The molecule has 1 fully saturated rings. The van der Waals surface area contributed by atoms with Gasteiger partial charge in [0.05, 0.1) is 16.4 Å². The van der Waals surface area contributed by atoms with Gasteiger partial charge in [0, 0.05) is 32.8 Å². The SMILES string of the molecule is COCCNc1ccc(S(=O)(=O)N2CCCCCC2)cc1[N+](=O)[O-]. The Balaban J connectivity index is 2.29. The maximum atomic E-state index is 12.7. The van der Waals surface area contributed by atoms with Crippen LogP contribution in [0.1, 0.15) is 25.7 Å². The Morgan fingerprint density at radius 1 is 1.25 bits per heavy atom. The lowest BCUT2D eigenvalue weighted by atomic mass is 10.2. The van der Waals surface area contributed by atoms with Crippen molar-refractivity contribution in [3.8, 4) is 0 Å². The number of benzene rings is 1. The van der Waals surface area contributed by atoms with Crippen LogP contribution >= 0.6 is 0 Å². The standard InChI is InChI=1S/C15H23N3O5S/c1-23-11-8-16-14-7-6-13(12-15(14)18(19)20)24(21,22)17-9-4-2-3-5-10-17/h6-7,12,16H,2-5,8-11H2,1H3. The highest BCUT2D eigenvalue weighted by Crippen LogP contribution is 2.29. The first-order chi connectivity index (χ1) is 11.5. The molecule has 134 valence electrons. The first-order valence-electron chi connectivity index (χ1n) is 7.98. The van der Waals surface area contributed by atoms with E-state index in [2.05, 4.69) is 5.32 Å². The minimum Gasteiger partial charge on any atom is -0.383 e.